The highest BCUT2D eigenvalue weighted by atomic mass is 17.0. The van der Waals surface area contributed by atoms with Crippen LogP contribution in [0.3, 0.4) is 0 Å². The predicted octanol–water partition coefficient (Wildman–Crippen LogP) is 0.798. The van der Waals surface area contributed by atoms with Crippen LogP contribution in [0.15, 0.2) is 18.2 Å². The van der Waals surface area contributed by atoms with Crippen molar-refractivity contribution in [3.63, 3.8) is 0 Å². The van der Waals surface area contributed by atoms with E-state index in [1.165, 1.54) is 0 Å². The third-order valence-corrected chi connectivity index (χ3v) is 4.31. The number of nitrogens with zero attached hydrogens (tertiary/aromatic N) is 1. The van der Waals surface area contributed by atoms with Gasteiger partial charge in [0.2, 0.25) is 0 Å². The molecule has 11 nitrogen and oxygen atoms in total. The highest BCUT2D eigenvalue weighted by molar-refractivity contribution is 5.43. The molecule has 0 spiro atoms. The summed E-state index contributed by atoms with van der Waals surface area (Å²) in [4.78, 5) is 21.3. The molecule has 5 N–H and O–H groups in total. The van der Waals surface area contributed by atoms with Crippen molar-refractivity contribution in [1.29, 1.82) is 0 Å². The Balaban J connectivity index is 0.000000809. The van der Waals surface area contributed by atoms with Crippen molar-refractivity contribution in [1.82, 2.24) is 5.32 Å². The van der Waals surface area contributed by atoms with Crippen LogP contribution in [0, 0.1) is 16.0 Å². The molecule has 1 aromatic carbocycles. The number of benzene rings is 1. The minimum Gasteiger partial charge on any atom is -0.493 e. The number of carbonyl (C=O) groups is 1. The van der Waals surface area contributed by atoms with E-state index < -0.39 is 17.3 Å². The minimum absolute atomic E-state index is 0.112. The largest absolute Gasteiger partial charge is 0.493 e. The fourth-order valence-corrected chi connectivity index (χ4v) is 2.76. The summed E-state index contributed by atoms with van der Waals surface area (Å²) in [6.07, 6.45) is -0.411. The fourth-order valence-electron chi connectivity index (χ4n) is 2.76. The third kappa shape index (κ3) is 13.1. The summed E-state index contributed by atoms with van der Waals surface area (Å²) in [7, 11) is 0. The van der Waals surface area contributed by atoms with Gasteiger partial charge in [0.1, 0.15) is 12.4 Å². The highest BCUT2D eigenvalue weighted by Crippen LogP contribution is 2.30. The van der Waals surface area contributed by atoms with Crippen molar-refractivity contribution in [2.75, 3.05) is 26.4 Å². The van der Waals surface area contributed by atoms with Gasteiger partial charge in [-0.1, -0.05) is 19.1 Å². The number of fused-ring (bicyclic) bond motifs is 1. The smallest absolute Gasteiger partial charge is 0.294 e. The van der Waals surface area contributed by atoms with Crippen LogP contribution in [0.1, 0.15) is 38.8 Å². The van der Waals surface area contributed by atoms with Gasteiger partial charge in [0.25, 0.3) is 11.6 Å². The molecule has 0 bridgehead atoms. The maximum atomic E-state index is 9.88. The zero-order valence-electron chi connectivity index (χ0n) is 19.1. The molecule has 2 rings (SSSR count). The molecular formula is C21H36N2O9. The van der Waals surface area contributed by atoms with Crippen molar-refractivity contribution < 1.29 is 39.9 Å². The topological polar surface area (TPSA) is 172 Å². The first-order valence-corrected chi connectivity index (χ1v) is 10.3. The maximum Gasteiger partial charge on any atom is 0.294 e. The first-order valence-electron chi connectivity index (χ1n) is 10.3. The second-order valence-corrected chi connectivity index (χ2v) is 8.37. The summed E-state index contributed by atoms with van der Waals surface area (Å²) in [5.74, 6) is 1.24. The summed E-state index contributed by atoms with van der Waals surface area (Å²) >= 11 is 0. The molecule has 0 fully saturated rings. The van der Waals surface area contributed by atoms with Crippen molar-refractivity contribution >= 4 is 6.47 Å². The molecule has 1 aromatic rings. The molecule has 0 amide bonds. The molecule has 0 heterocycles. The molecule has 184 valence electrons. The number of hydrogen-bond acceptors (Lipinski definition) is 9. The maximum absolute atomic E-state index is 9.88. The van der Waals surface area contributed by atoms with Crippen LogP contribution < -0.4 is 10.1 Å². The normalized spacial score (nSPS) is 18.0. The lowest BCUT2D eigenvalue weighted by molar-refractivity contribution is -0.758. The van der Waals surface area contributed by atoms with Gasteiger partial charge in [0.05, 0.1) is 25.4 Å². The Kier molecular flexibility index (Phi) is 14.2. The van der Waals surface area contributed by atoms with Crippen LogP contribution in [0.25, 0.3) is 0 Å². The van der Waals surface area contributed by atoms with E-state index in [0.717, 1.165) is 23.4 Å². The Hall–Kier alpha value is -2.47. The van der Waals surface area contributed by atoms with Crippen LogP contribution in [0.2, 0.25) is 0 Å². The fraction of sp³-hybridized carbons (Fsp3) is 0.667. The van der Waals surface area contributed by atoms with E-state index >= 15 is 0 Å². The lowest BCUT2D eigenvalue weighted by Crippen LogP contribution is -2.39. The number of aliphatic hydroxyl groups is 3. The van der Waals surface area contributed by atoms with Crippen molar-refractivity contribution in [2.24, 2.45) is 5.92 Å². The Bertz CT molecular complexity index is 680. The molecule has 1 aliphatic rings. The summed E-state index contributed by atoms with van der Waals surface area (Å²) in [5, 5.41) is 46.2. The third-order valence-electron chi connectivity index (χ3n) is 4.31. The second kappa shape index (κ2) is 15.4. The van der Waals surface area contributed by atoms with E-state index in [-0.39, 0.29) is 25.2 Å². The molecular weight excluding hydrogens is 424 g/mol. The van der Waals surface area contributed by atoms with Gasteiger partial charge in [0.15, 0.2) is 0 Å². The first kappa shape index (κ1) is 29.5. The molecule has 3 atom stereocenters. The summed E-state index contributed by atoms with van der Waals surface area (Å²) in [6, 6.07) is 5.91. The van der Waals surface area contributed by atoms with Gasteiger partial charge >= 0.3 is 0 Å². The first-order chi connectivity index (χ1) is 14.9. The Morgan fingerprint density at radius 1 is 1.28 bits per heavy atom. The zero-order valence-corrected chi connectivity index (χ0v) is 19.1. The zero-order chi connectivity index (χ0) is 24.7. The lowest BCUT2D eigenvalue weighted by atomic mass is 9.87. The van der Waals surface area contributed by atoms with E-state index in [1.54, 1.807) is 0 Å². The van der Waals surface area contributed by atoms with Gasteiger partial charge in [-0.25, -0.2) is 0 Å². The van der Waals surface area contributed by atoms with Gasteiger partial charge in [-0.3, -0.25) is 4.79 Å². The summed E-state index contributed by atoms with van der Waals surface area (Å²) < 4.78 is 5.98. The Morgan fingerprint density at radius 3 is 2.38 bits per heavy atom. The molecule has 0 radical (unpaired) electrons. The SMILES string of the molecule is CC(CNC(C)(C)C)COc1cccc2c1CC(O)C(O)C2.O=CO.O=[N+]([O-])OCCO. The van der Waals surface area contributed by atoms with E-state index in [9.17, 15) is 20.3 Å². The van der Waals surface area contributed by atoms with Crippen LogP contribution in [0.4, 0.5) is 0 Å². The predicted molar refractivity (Wildman–Crippen MR) is 117 cm³/mol. The number of nitrogens with one attached hydrogen (secondary N) is 1. The van der Waals surface area contributed by atoms with Gasteiger partial charge < -0.3 is 35.3 Å². The number of carboxylic acid groups (broad SMARTS) is 1. The lowest BCUT2D eigenvalue weighted by Gasteiger charge is -2.28. The van der Waals surface area contributed by atoms with Gasteiger partial charge in [-0.15, -0.1) is 10.1 Å². The standard InChI is InChI=1S/C18H29NO3.C2H5NO4.CH2O2/c1-12(10-19-18(2,3)4)11-22-17-7-5-6-13-8-15(20)16(21)9-14(13)17;4-1-2-7-3(5)6;2-1-3/h5-7,12,15-16,19-21H,8-11H2,1-4H3;4H,1-2H2;1H,(H,2,3). The second-order valence-electron chi connectivity index (χ2n) is 8.37. The molecule has 32 heavy (non-hydrogen) atoms. The van der Waals surface area contributed by atoms with E-state index in [0.29, 0.717) is 25.4 Å². The Morgan fingerprint density at radius 2 is 1.88 bits per heavy atom. The van der Waals surface area contributed by atoms with Crippen LogP contribution in [-0.2, 0) is 22.5 Å². The van der Waals surface area contributed by atoms with E-state index in [2.05, 4.69) is 37.8 Å². The van der Waals surface area contributed by atoms with Gasteiger partial charge in [-0.05, 0) is 32.4 Å². The van der Waals surface area contributed by atoms with Crippen LogP contribution in [-0.4, -0.2) is 76.1 Å². The number of aliphatic hydroxyl groups excluding tert-OH is 3. The van der Waals surface area contributed by atoms with E-state index in [4.69, 9.17) is 19.7 Å². The van der Waals surface area contributed by atoms with Gasteiger partial charge in [0, 0.05) is 36.4 Å². The summed E-state index contributed by atoms with van der Waals surface area (Å²) in [5.41, 5.74) is 2.23. The van der Waals surface area contributed by atoms with Crippen molar-refractivity contribution in [2.45, 2.75) is 58.3 Å². The quantitative estimate of drug-likeness (QED) is 0.212. The molecule has 0 aliphatic heterocycles. The van der Waals surface area contributed by atoms with Crippen LogP contribution >= 0.6 is 0 Å². The van der Waals surface area contributed by atoms with Crippen molar-refractivity contribution in [3.05, 3.63) is 39.4 Å². The molecule has 0 saturated carbocycles. The molecule has 11 heteroatoms. The summed E-state index contributed by atoms with van der Waals surface area (Å²) in [6.45, 7) is 9.35. The molecule has 0 aromatic heterocycles. The number of ether oxygens (including phenoxy) is 1. The van der Waals surface area contributed by atoms with E-state index in [1.807, 2.05) is 18.2 Å². The monoisotopic (exact) mass is 460 g/mol. The Labute approximate surface area is 188 Å². The molecule has 0 saturated heterocycles. The average Bonchev–Trinajstić information content (AvgIpc) is 2.70. The van der Waals surface area contributed by atoms with Crippen molar-refractivity contribution in [3.8, 4) is 5.75 Å². The van der Waals surface area contributed by atoms with Crippen LogP contribution in [0.5, 0.6) is 5.75 Å². The van der Waals surface area contributed by atoms with Gasteiger partial charge in [-0.2, -0.15) is 0 Å². The minimum atomic E-state index is -0.948. The molecule has 1 aliphatic carbocycles. The highest BCUT2D eigenvalue weighted by Gasteiger charge is 2.27. The number of rotatable bonds is 8. The molecule has 3 unspecified atom stereocenters. The average molecular weight is 461 g/mol. The number of hydrogen-bond donors (Lipinski definition) is 5.